The lowest BCUT2D eigenvalue weighted by atomic mass is 10.2. The van der Waals surface area contributed by atoms with Gasteiger partial charge in [-0.3, -0.25) is 9.78 Å². The molecule has 3 aromatic heterocycles. The van der Waals surface area contributed by atoms with Gasteiger partial charge in [0.1, 0.15) is 17.3 Å². The minimum Gasteiger partial charge on any atom is -0.493 e. The minimum absolute atomic E-state index is 0.302. The molecule has 1 aliphatic heterocycles. The monoisotopic (exact) mass is 531 g/mol. The first-order valence-corrected chi connectivity index (χ1v) is 12.7. The average molecular weight is 532 g/mol. The number of rotatable bonds is 9. The van der Waals surface area contributed by atoms with E-state index in [9.17, 15) is 4.79 Å². The number of methoxy groups -OCH3 is 2. The molecule has 4 aromatic rings. The normalized spacial score (nSPS) is 12.7. The van der Waals surface area contributed by atoms with Crippen molar-refractivity contribution in [3.8, 4) is 28.7 Å². The third kappa shape index (κ3) is 5.14. The van der Waals surface area contributed by atoms with E-state index in [1.54, 1.807) is 55.6 Å². The van der Waals surface area contributed by atoms with Gasteiger partial charge < -0.3 is 24.3 Å². The van der Waals surface area contributed by atoms with Crippen LogP contribution in [0.1, 0.15) is 23.8 Å². The number of aromatic nitrogens is 4. The molecule has 1 N–H and O–H groups in total. The molecular formula is C27H25N5O5S. The van der Waals surface area contributed by atoms with Crippen LogP contribution >= 0.6 is 11.8 Å². The summed E-state index contributed by atoms with van der Waals surface area (Å²) in [6.07, 6.45) is 9.54. The Hall–Kier alpha value is -4.51. The molecule has 0 aliphatic carbocycles. The molecule has 0 saturated heterocycles. The molecule has 5 rings (SSSR count). The van der Waals surface area contributed by atoms with Gasteiger partial charge in [0.05, 0.1) is 43.8 Å². The lowest BCUT2D eigenvalue weighted by molar-refractivity contribution is 0.101. The Morgan fingerprint density at radius 2 is 1.89 bits per heavy atom. The Balaban J connectivity index is 1.36. The van der Waals surface area contributed by atoms with Crippen LogP contribution in [0.2, 0.25) is 0 Å². The number of nitrogens with one attached hydrogen (secondary N) is 1. The summed E-state index contributed by atoms with van der Waals surface area (Å²) in [7, 11) is 3.15. The maximum Gasteiger partial charge on any atom is 0.279 e. The van der Waals surface area contributed by atoms with Crippen molar-refractivity contribution in [3.63, 3.8) is 0 Å². The van der Waals surface area contributed by atoms with Crippen molar-refractivity contribution in [2.45, 2.75) is 13.3 Å². The fraction of sp³-hybridized carbons (Fsp3) is 0.185. The molecule has 11 heteroatoms. The molecule has 0 fully saturated rings. The summed E-state index contributed by atoms with van der Waals surface area (Å²) < 4.78 is 24.1. The largest absolute Gasteiger partial charge is 0.493 e. The second-order valence-electron chi connectivity index (χ2n) is 7.94. The summed E-state index contributed by atoms with van der Waals surface area (Å²) in [4.78, 5) is 22.0. The molecule has 0 spiro atoms. The van der Waals surface area contributed by atoms with Gasteiger partial charge in [0.25, 0.3) is 5.91 Å². The van der Waals surface area contributed by atoms with Crippen molar-refractivity contribution < 1.29 is 23.7 Å². The molecule has 1 aromatic carbocycles. The first-order valence-electron chi connectivity index (χ1n) is 11.8. The van der Waals surface area contributed by atoms with Gasteiger partial charge in [0.15, 0.2) is 22.9 Å². The molecule has 1 aliphatic rings. The molecule has 1 amide bonds. The zero-order valence-electron chi connectivity index (χ0n) is 21.0. The van der Waals surface area contributed by atoms with Crippen LogP contribution in [0.4, 0.5) is 5.82 Å². The molecule has 10 nitrogen and oxygen atoms in total. The van der Waals surface area contributed by atoms with E-state index in [0.717, 1.165) is 16.8 Å². The first kappa shape index (κ1) is 25.2. The standard InChI is InChI=1S/C27H25N5O5S/c1-4-36-23-16-30-32(25-7-5-6-12-38-25)26(23)27(33)31-24-9-8-17(15-29-24)37-20-10-11-28-19-14-22(35-3)21(34-2)13-18(19)20/h6-16H,4-5H2,1-3H3,(H,29,31,33). The van der Waals surface area contributed by atoms with Gasteiger partial charge in [-0.05, 0) is 49.1 Å². The van der Waals surface area contributed by atoms with E-state index in [-0.39, 0.29) is 5.91 Å². The molecule has 0 saturated carbocycles. The molecule has 194 valence electrons. The molecule has 38 heavy (non-hydrogen) atoms. The maximum absolute atomic E-state index is 13.3. The quantitative estimate of drug-likeness (QED) is 0.289. The fourth-order valence-corrected chi connectivity index (χ4v) is 4.63. The van der Waals surface area contributed by atoms with Gasteiger partial charge in [-0.2, -0.15) is 5.10 Å². The Morgan fingerprint density at radius 3 is 2.61 bits per heavy atom. The Labute approximate surface area is 223 Å². The van der Waals surface area contributed by atoms with Crippen LogP contribution in [-0.2, 0) is 0 Å². The van der Waals surface area contributed by atoms with Gasteiger partial charge in [0, 0.05) is 17.6 Å². The number of benzene rings is 1. The number of hydrogen-bond acceptors (Lipinski definition) is 9. The summed E-state index contributed by atoms with van der Waals surface area (Å²) in [6.45, 7) is 2.26. The van der Waals surface area contributed by atoms with E-state index in [2.05, 4.69) is 20.4 Å². The number of hydrogen-bond donors (Lipinski definition) is 1. The molecule has 0 atom stereocenters. The van der Waals surface area contributed by atoms with E-state index in [1.165, 1.54) is 18.0 Å². The molecule has 0 bridgehead atoms. The van der Waals surface area contributed by atoms with Crippen molar-refractivity contribution in [1.29, 1.82) is 0 Å². The Morgan fingerprint density at radius 1 is 1.05 bits per heavy atom. The smallest absolute Gasteiger partial charge is 0.279 e. The van der Waals surface area contributed by atoms with E-state index in [0.29, 0.717) is 52.4 Å². The number of allylic oxidation sites excluding steroid dienone is 2. The van der Waals surface area contributed by atoms with Gasteiger partial charge in [0.2, 0.25) is 0 Å². The Kier molecular flexibility index (Phi) is 7.45. The highest BCUT2D eigenvalue weighted by molar-refractivity contribution is 8.10. The first-order chi connectivity index (χ1) is 18.6. The number of thioether (sulfide) groups is 1. The average Bonchev–Trinajstić information content (AvgIpc) is 3.38. The van der Waals surface area contributed by atoms with Crippen LogP contribution in [0.5, 0.6) is 28.7 Å². The SMILES string of the molecule is CCOc1cnn(C2=CCC=CS2)c1C(=O)Nc1ccc(Oc2ccnc3cc(OC)c(OC)cc23)cn1. The highest BCUT2D eigenvalue weighted by Crippen LogP contribution is 2.37. The van der Waals surface area contributed by atoms with E-state index in [1.807, 2.05) is 30.6 Å². The maximum atomic E-state index is 13.3. The van der Waals surface area contributed by atoms with Crippen molar-refractivity contribution >= 4 is 39.4 Å². The minimum atomic E-state index is -0.385. The predicted octanol–water partition coefficient (Wildman–Crippen LogP) is 5.74. The summed E-state index contributed by atoms with van der Waals surface area (Å²) in [5.74, 6) is 2.58. The number of amides is 1. The van der Waals surface area contributed by atoms with Gasteiger partial charge in [-0.25, -0.2) is 9.67 Å². The third-order valence-electron chi connectivity index (χ3n) is 5.59. The van der Waals surface area contributed by atoms with Gasteiger partial charge in [-0.1, -0.05) is 17.8 Å². The van der Waals surface area contributed by atoms with E-state index >= 15 is 0 Å². The van der Waals surface area contributed by atoms with Crippen LogP contribution in [0.15, 0.2) is 66.5 Å². The van der Waals surface area contributed by atoms with E-state index < -0.39 is 0 Å². The lowest BCUT2D eigenvalue weighted by Crippen LogP contribution is -2.19. The highest BCUT2D eigenvalue weighted by Gasteiger charge is 2.23. The number of fused-ring (bicyclic) bond motifs is 1. The zero-order chi connectivity index (χ0) is 26.5. The number of carbonyl (C=O) groups excluding carboxylic acids is 1. The van der Waals surface area contributed by atoms with Crippen LogP contribution < -0.4 is 24.3 Å². The van der Waals surface area contributed by atoms with Crippen LogP contribution in [-0.4, -0.2) is 46.5 Å². The van der Waals surface area contributed by atoms with Gasteiger partial charge in [-0.15, -0.1) is 0 Å². The second kappa shape index (κ2) is 11.3. The summed E-state index contributed by atoms with van der Waals surface area (Å²) in [5.41, 5.74) is 0.996. The van der Waals surface area contributed by atoms with Gasteiger partial charge >= 0.3 is 0 Å². The van der Waals surface area contributed by atoms with Crippen molar-refractivity contribution in [1.82, 2.24) is 19.7 Å². The fourth-order valence-electron chi connectivity index (χ4n) is 3.85. The molecule has 0 radical (unpaired) electrons. The van der Waals surface area contributed by atoms with Crippen LogP contribution in [0, 0.1) is 0 Å². The number of carbonyl (C=O) groups is 1. The van der Waals surface area contributed by atoms with Crippen molar-refractivity contribution in [3.05, 3.63) is 72.2 Å². The molecule has 0 unspecified atom stereocenters. The molecular weight excluding hydrogens is 506 g/mol. The number of anilines is 1. The Bertz CT molecular complexity index is 1530. The number of pyridine rings is 2. The summed E-state index contributed by atoms with van der Waals surface area (Å²) in [6, 6.07) is 8.75. The predicted molar refractivity (Wildman–Crippen MR) is 146 cm³/mol. The summed E-state index contributed by atoms with van der Waals surface area (Å²) >= 11 is 1.49. The zero-order valence-corrected chi connectivity index (χ0v) is 21.8. The summed E-state index contributed by atoms with van der Waals surface area (Å²) in [5, 5.41) is 10.8. The van der Waals surface area contributed by atoms with Crippen LogP contribution in [0.3, 0.4) is 0 Å². The van der Waals surface area contributed by atoms with Crippen molar-refractivity contribution in [2.24, 2.45) is 0 Å². The third-order valence-corrected chi connectivity index (χ3v) is 6.50. The lowest BCUT2D eigenvalue weighted by Gasteiger charge is -2.13. The van der Waals surface area contributed by atoms with Crippen LogP contribution in [0.25, 0.3) is 15.9 Å². The highest BCUT2D eigenvalue weighted by atomic mass is 32.2. The number of nitrogens with zero attached hydrogens (tertiary/aromatic N) is 4. The molecule has 4 heterocycles. The second-order valence-corrected chi connectivity index (χ2v) is 8.86. The van der Waals surface area contributed by atoms with E-state index in [4.69, 9.17) is 18.9 Å². The topological polar surface area (TPSA) is 110 Å². The van der Waals surface area contributed by atoms with Crippen molar-refractivity contribution in [2.75, 3.05) is 26.1 Å². The number of ether oxygens (including phenoxy) is 4.